The van der Waals surface area contributed by atoms with Gasteiger partial charge in [0.25, 0.3) is 10.0 Å². The van der Waals surface area contributed by atoms with E-state index in [1.807, 2.05) is 12.1 Å². The van der Waals surface area contributed by atoms with Crippen LogP contribution in [-0.2, 0) is 10.0 Å². The third-order valence-electron chi connectivity index (χ3n) is 5.00. The lowest BCUT2D eigenvalue weighted by Crippen LogP contribution is -2.13. The molecule has 0 amide bonds. The SMILES string of the molecule is O=S(=O)(Nc1ccc(-n2cnnn2)cc1)c1ccc(C2CCCCC2)cc1. The summed E-state index contributed by atoms with van der Waals surface area (Å²) in [6.07, 6.45) is 7.68. The van der Waals surface area contributed by atoms with E-state index in [4.69, 9.17) is 0 Å². The van der Waals surface area contributed by atoms with E-state index in [0.29, 0.717) is 11.6 Å². The number of aromatic nitrogens is 4. The molecule has 1 N–H and O–H groups in total. The van der Waals surface area contributed by atoms with Crippen LogP contribution in [0.2, 0.25) is 0 Å². The first-order chi connectivity index (χ1) is 13.1. The Hall–Kier alpha value is -2.74. The maximum Gasteiger partial charge on any atom is 0.261 e. The van der Waals surface area contributed by atoms with E-state index in [1.54, 1.807) is 36.4 Å². The summed E-state index contributed by atoms with van der Waals surface area (Å²) in [5, 5.41) is 11.0. The number of rotatable bonds is 5. The summed E-state index contributed by atoms with van der Waals surface area (Å²) >= 11 is 0. The van der Waals surface area contributed by atoms with E-state index >= 15 is 0 Å². The molecule has 0 atom stereocenters. The van der Waals surface area contributed by atoms with Crippen LogP contribution in [0.3, 0.4) is 0 Å². The van der Waals surface area contributed by atoms with Crippen molar-refractivity contribution in [3.8, 4) is 5.69 Å². The topological polar surface area (TPSA) is 89.8 Å². The first kappa shape index (κ1) is 17.7. The summed E-state index contributed by atoms with van der Waals surface area (Å²) in [6.45, 7) is 0. The highest BCUT2D eigenvalue weighted by atomic mass is 32.2. The number of nitrogens with one attached hydrogen (secondary N) is 1. The van der Waals surface area contributed by atoms with Gasteiger partial charge in [-0.25, -0.2) is 13.1 Å². The van der Waals surface area contributed by atoms with Crippen LogP contribution in [0.1, 0.15) is 43.6 Å². The van der Waals surface area contributed by atoms with Gasteiger partial charge < -0.3 is 0 Å². The van der Waals surface area contributed by atoms with Gasteiger partial charge in [-0.2, -0.15) is 0 Å². The Morgan fingerprint density at radius 1 is 0.926 bits per heavy atom. The normalized spacial score (nSPS) is 15.6. The number of nitrogens with zero attached hydrogens (tertiary/aromatic N) is 4. The molecule has 0 aliphatic heterocycles. The Bertz CT molecular complexity index is 978. The number of hydrogen-bond acceptors (Lipinski definition) is 5. The molecular weight excluding hydrogens is 362 g/mol. The van der Waals surface area contributed by atoms with E-state index in [-0.39, 0.29) is 4.90 Å². The van der Waals surface area contributed by atoms with Crippen LogP contribution in [0.5, 0.6) is 0 Å². The molecule has 8 heteroatoms. The molecule has 0 radical (unpaired) electrons. The molecule has 1 heterocycles. The molecule has 1 aromatic heterocycles. The Labute approximate surface area is 158 Å². The lowest BCUT2D eigenvalue weighted by atomic mass is 9.84. The summed E-state index contributed by atoms with van der Waals surface area (Å²) in [7, 11) is -3.62. The maximum atomic E-state index is 12.7. The molecule has 27 heavy (non-hydrogen) atoms. The zero-order valence-electron chi connectivity index (χ0n) is 14.8. The average Bonchev–Trinajstić information content (AvgIpc) is 3.24. The predicted octanol–water partition coefficient (Wildman–Crippen LogP) is 3.51. The second-order valence-electron chi connectivity index (χ2n) is 6.81. The van der Waals surface area contributed by atoms with Gasteiger partial charge in [0.1, 0.15) is 6.33 Å². The minimum Gasteiger partial charge on any atom is -0.280 e. The van der Waals surface area contributed by atoms with Crippen molar-refractivity contribution in [1.29, 1.82) is 0 Å². The van der Waals surface area contributed by atoms with Gasteiger partial charge in [-0.15, -0.1) is 5.10 Å². The lowest BCUT2D eigenvalue weighted by molar-refractivity contribution is 0.443. The van der Waals surface area contributed by atoms with Gasteiger partial charge in [-0.3, -0.25) is 4.72 Å². The van der Waals surface area contributed by atoms with Crippen molar-refractivity contribution in [3.05, 3.63) is 60.4 Å². The second kappa shape index (κ2) is 7.48. The minimum absolute atomic E-state index is 0.270. The van der Waals surface area contributed by atoms with E-state index < -0.39 is 10.0 Å². The summed E-state index contributed by atoms with van der Waals surface area (Å²) in [4.78, 5) is 0.270. The maximum absolute atomic E-state index is 12.7. The molecule has 0 saturated heterocycles. The standard InChI is InChI=1S/C19H21N5O2S/c25-27(26,19-12-6-16(7-13-19)15-4-2-1-3-5-15)21-17-8-10-18(11-9-17)24-14-20-22-23-24/h6-15,21H,1-5H2. The Morgan fingerprint density at radius 3 is 2.26 bits per heavy atom. The minimum atomic E-state index is -3.62. The highest BCUT2D eigenvalue weighted by Crippen LogP contribution is 2.33. The van der Waals surface area contributed by atoms with Crippen molar-refractivity contribution in [3.63, 3.8) is 0 Å². The second-order valence-corrected chi connectivity index (χ2v) is 8.49. The van der Waals surface area contributed by atoms with Crippen LogP contribution >= 0.6 is 0 Å². The highest BCUT2D eigenvalue weighted by Gasteiger charge is 2.18. The van der Waals surface area contributed by atoms with Crippen molar-refractivity contribution in [2.45, 2.75) is 42.9 Å². The van der Waals surface area contributed by atoms with Crippen molar-refractivity contribution in [2.24, 2.45) is 0 Å². The molecule has 0 spiro atoms. The van der Waals surface area contributed by atoms with Gasteiger partial charge >= 0.3 is 0 Å². The molecule has 2 aromatic carbocycles. The highest BCUT2D eigenvalue weighted by molar-refractivity contribution is 7.92. The fourth-order valence-corrected chi connectivity index (χ4v) is 4.59. The smallest absolute Gasteiger partial charge is 0.261 e. The zero-order valence-corrected chi connectivity index (χ0v) is 15.6. The quantitative estimate of drug-likeness (QED) is 0.728. The van der Waals surface area contributed by atoms with Gasteiger partial charge in [-0.05, 0) is 71.1 Å². The molecule has 1 saturated carbocycles. The molecule has 4 rings (SSSR count). The summed E-state index contributed by atoms with van der Waals surface area (Å²) in [6, 6.07) is 14.2. The molecule has 7 nitrogen and oxygen atoms in total. The number of anilines is 1. The third kappa shape index (κ3) is 4.00. The molecular formula is C19H21N5O2S. The fourth-order valence-electron chi connectivity index (χ4n) is 3.53. The molecule has 0 bridgehead atoms. The van der Waals surface area contributed by atoms with E-state index in [1.165, 1.54) is 48.7 Å². The number of hydrogen-bond donors (Lipinski definition) is 1. The third-order valence-corrected chi connectivity index (χ3v) is 6.40. The average molecular weight is 383 g/mol. The van der Waals surface area contributed by atoms with E-state index in [9.17, 15) is 8.42 Å². The van der Waals surface area contributed by atoms with E-state index in [0.717, 1.165) is 5.69 Å². The Kier molecular flexibility index (Phi) is 4.89. The van der Waals surface area contributed by atoms with Crippen molar-refractivity contribution in [2.75, 3.05) is 4.72 Å². The Balaban J connectivity index is 1.48. The number of benzene rings is 2. The van der Waals surface area contributed by atoms with Gasteiger partial charge in [-0.1, -0.05) is 31.4 Å². The molecule has 140 valence electrons. The van der Waals surface area contributed by atoms with Crippen LogP contribution in [0, 0.1) is 0 Å². The molecule has 1 aliphatic carbocycles. The molecule has 0 unspecified atom stereocenters. The monoisotopic (exact) mass is 383 g/mol. The van der Waals surface area contributed by atoms with Crippen LogP contribution in [0.4, 0.5) is 5.69 Å². The summed E-state index contributed by atoms with van der Waals surface area (Å²) in [5.74, 6) is 0.558. The van der Waals surface area contributed by atoms with Crippen molar-refractivity contribution < 1.29 is 8.42 Å². The Morgan fingerprint density at radius 2 is 1.63 bits per heavy atom. The van der Waals surface area contributed by atoms with Crippen molar-refractivity contribution in [1.82, 2.24) is 20.2 Å². The fraction of sp³-hybridized carbons (Fsp3) is 0.316. The zero-order chi connectivity index (χ0) is 18.7. The number of tetrazole rings is 1. The largest absolute Gasteiger partial charge is 0.280 e. The van der Waals surface area contributed by atoms with Gasteiger partial charge in [0.2, 0.25) is 0 Å². The van der Waals surface area contributed by atoms with Gasteiger partial charge in [0.15, 0.2) is 0 Å². The first-order valence-corrected chi connectivity index (χ1v) is 10.6. The van der Waals surface area contributed by atoms with Crippen LogP contribution in [0.15, 0.2) is 59.8 Å². The molecule has 3 aromatic rings. The van der Waals surface area contributed by atoms with Crippen LogP contribution in [0.25, 0.3) is 5.69 Å². The summed E-state index contributed by atoms with van der Waals surface area (Å²) in [5.41, 5.74) is 2.47. The van der Waals surface area contributed by atoms with Gasteiger partial charge in [0.05, 0.1) is 10.6 Å². The van der Waals surface area contributed by atoms with Gasteiger partial charge in [0, 0.05) is 5.69 Å². The predicted molar refractivity (Wildman–Crippen MR) is 102 cm³/mol. The van der Waals surface area contributed by atoms with Crippen LogP contribution < -0.4 is 4.72 Å². The molecule has 1 aliphatic rings. The molecule has 1 fully saturated rings. The van der Waals surface area contributed by atoms with Crippen molar-refractivity contribution >= 4 is 15.7 Å². The first-order valence-electron chi connectivity index (χ1n) is 9.08. The number of sulfonamides is 1. The van der Waals surface area contributed by atoms with Crippen LogP contribution in [-0.4, -0.2) is 28.6 Å². The van der Waals surface area contributed by atoms with E-state index in [2.05, 4.69) is 20.2 Å². The summed E-state index contributed by atoms with van der Waals surface area (Å²) < 4.78 is 29.4. The lowest BCUT2D eigenvalue weighted by Gasteiger charge is -2.22.